The molecule has 1 aliphatic heterocycles. The number of hydrogen-bond donors (Lipinski definition) is 0. The molecule has 0 radical (unpaired) electrons. The molecule has 0 N–H and O–H groups in total. The molecule has 92 valence electrons. The standard InChI is InChI=1S/C12H13ClFNO2/c1-2-17-12(16)15-6-5-8-9(7-15)11(14)4-3-10(8)13/h3-4H,2,5-7H2,1H3. The van der Waals surface area contributed by atoms with Crippen LogP contribution in [0.3, 0.4) is 0 Å². The second-order valence-corrected chi connectivity index (χ2v) is 4.26. The average molecular weight is 258 g/mol. The molecule has 0 saturated heterocycles. The largest absolute Gasteiger partial charge is 0.450 e. The van der Waals surface area contributed by atoms with Gasteiger partial charge < -0.3 is 9.64 Å². The van der Waals surface area contributed by atoms with Crippen molar-refractivity contribution >= 4 is 17.7 Å². The van der Waals surface area contributed by atoms with Crippen LogP contribution >= 0.6 is 11.6 Å². The average Bonchev–Trinajstić information content (AvgIpc) is 2.34. The highest BCUT2D eigenvalue weighted by Gasteiger charge is 2.25. The van der Waals surface area contributed by atoms with Crippen LogP contribution in [0.4, 0.5) is 9.18 Å². The van der Waals surface area contributed by atoms with Crippen molar-refractivity contribution < 1.29 is 13.9 Å². The van der Waals surface area contributed by atoms with Gasteiger partial charge in [0.15, 0.2) is 0 Å². The lowest BCUT2D eigenvalue weighted by molar-refractivity contribution is 0.102. The molecule has 2 rings (SSSR count). The van der Waals surface area contributed by atoms with E-state index in [4.69, 9.17) is 16.3 Å². The van der Waals surface area contributed by atoms with E-state index in [1.807, 2.05) is 0 Å². The van der Waals surface area contributed by atoms with E-state index in [1.165, 1.54) is 11.0 Å². The Kier molecular flexibility index (Phi) is 3.52. The maximum absolute atomic E-state index is 13.6. The predicted molar refractivity (Wildman–Crippen MR) is 62.5 cm³/mol. The van der Waals surface area contributed by atoms with Gasteiger partial charge in [0.1, 0.15) is 5.82 Å². The predicted octanol–water partition coefficient (Wildman–Crippen LogP) is 2.99. The Labute approximate surface area is 104 Å². The van der Waals surface area contributed by atoms with Gasteiger partial charge in [0.25, 0.3) is 0 Å². The lowest BCUT2D eigenvalue weighted by Crippen LogP contribution is -2.37. The van der Waals surface area contributed by atoms with Crippen molar-refractivity contribution in [3.05, 3.63) is 34.1 Å². The molecule has 1 heterocycles. The quantitative estimate of drug-likeness (QED) is 0.774. The third-order valence-corrected chi connectivity index (χ3v) is 3.18. The van der Waals surface area contributed by atoms with Crippen LogP contribution in [-0.2, 0) is 17.7 Å². The molecule has 1 aromatic rings. The molecular formula is C12H13ClFNO2. The zero-order chi connectivity index (χ0) is 12.4. The molecule has 1 amide bonds. The van der Waals surface area contributed by atoms with Crippen LogP contribution in [0.2, 0.25) is 5.02 Å². The first kappa shape index (κ1) is 12.2. The van der Waals surface area contributed by atoms with E-state index in [1.54, 1.807) is 13.0 Å². The Morgan fingerprint density at radius 2 is 2.29 bits per heavy atom. The minimum absolute atomic E-state index is 0.223. The fourth-order valence-electron chi connectivity index (χ4n) is 1.96. The van der Waals surface area contributed by atoms with Crippen molar-refractivity contribution in [2.45, 2.75) is 19.9 Å². The second-order valence-electron chi connectivity index (χ2n) is 3.86. The smallest absolute Gasteiger partial charge is 0.410 e. The van der Waals surface area contributed by atoms with Gasteiger partial charge in [0.2, 0.25) is 0 Å². The number of carbonyl (C=O) groups excluding carboxylic acids is 1. The van der Waals surface area contributed by atoms with Crippen LogP contribution in [0.5, 0.6) is 0 Å². The SMILES string of the molecule is CCOC(=O)N1CCc2c(Cl)ccc(F)c2C1. The van der Waals surface area contributed by atoms with Crippen molar-refractivity contribution in [1.29, 1.82) is 0 Å². The number of halogens is 2. The summed E-state index contributed by atoms with van der Waals surface area (Å²) in [4.78, 5) is 13.0. The second kappa shape index (κ2) is 4.92. The number of fused-ring (bicyclic) bond motifs is 1. The maximum Gasteiger partial charge on any atom is 0.410 e. The minimum atomic E-state index is -0.405. The van der Waals surface area contributed by atoms with Crippen LogP contribution in [0, 0.1) is 5.82 Å². The topological polar surface area (TPSA) is 29.5 Å². The van der Waals surface area contributed by atoms with Gasteiger partial charge in [-0.05, 0) is 31.0 Å². The molecule has 1 aliphatic rings. The number of ether oxygens (including phenoxy) is 1. The zero-order valence-corrected chi connectivity index (χ0v) is 10.3. The van der Waals surface area contributed by atoms with Gasteiger partial charge in [-0.2, -0.15) is 0 Å². The number of rotatable bonds is 1. The Morgan fingerprint density at radius 3 is 3.00 bits per heavy atom. The van der Waals surface area contributed by atoms with Gasteiger partial charge in [-0.15, -0.1) is 0 Å². The molecule has 0 atom stereocenters. The fourth-order valence-corrected chi connectivity index (χ4v) is 2.24. The number of amides is 1. The van der Waals surface area contributed by atoms with Crippen LogP contribution in [0.1, 0.15) is 18.1 Å². The van der Waals surface area contributed by atoms with Gasteiger partial charge in [-0.3, -0.25) is 0 Å². The highest BCUT2D eigenvalue weighted by Crippen LogP contribution is 2.28. The summed E-state index contributed by atoms with van der Waals surface area (Å²) in [7, 11) is 0. The molecule has 0 spiro atoms. The maximum atomic E-state index is 13.6. The van der Waals surface area contributed by atoms with Crippen molar-refractivity contribution in [1.82, 2.24) is 4.90 Å². The molecule has 0 fully saturated rings. The number of hydrogen-bond acceptors (Lipinski definition) is 2. The third kappa shape index (κ3) is 2.36. The Balaban J connectivity index is 2.24. The summed E-state index contributed by atoms with van der Waals surface area (Å²) in [5.74, 6) is -0.321. The molecule has 0 aromatic heterocycles. The summed E-state index contributed by atoms with van der Waals surface area (Å²) in [6.07, 6.45) is 0.155. The van der Waals surface area contributed by atoms with E-state index < -0.39 is 6.09 Å². The van der Waals surface area contributed by atoms with Gasteiger partial charge in [-0.25, -0.2) is 9.18 Å². The van der Waals surface area contributed by atoms with Crippen molar-refractivity contribution in [2.75, 3.05) is 13.2 Å². The monoisotopic (exact) mass is 257 g/mol. The first-order valence-electron chi connectivity index (χ1n) is 5.51. The molecule has 17 heavy (non-hydrogen) atoms. The number of benzene rings is 1. The van der Waals surface area contributed by atoms with Gasteiger partial charge in [-0.1, -0.05) is 11.6 Å². The minimum Gasteiger partial charge on any atom is -0.450 e. The Bertz CT molecular complexity index is 450. The first-order valence-corrected chi connectivity index (χ1v) is 5.88. The Hall–Kier alpha value is -1.29. The molecular weight excluding hydrogens is 245 g/mol. The summed E-state index contributed by atoms with van der Waals surface area (Å²) >= 11 is 6.00. The molecule has 3 nitrogen and oxygen atoms in total. The summed E-state index contributed by atoms with van der Waals surface area (Å²) < 4.78 is 18.5. The molecule has 0 bridgehead atoms. The van der Waals surface area contributed by atoms with Gasteiger partial charge in [0.05, 0.1) is 13.2 Å². The van der Waals surface area contributed by atoms with E-state index in [2.05, 4.69) is 0 Å². The van der Waals surface area contributed by atoms with Crippen LogP contribution in [0.15, 0.2) is 12.1 Å². The molecule has 0 saturated carbocycles. The number of carbonyl (C=O) groups is 1. The van der Waals surface area contributed by atoms with E-state index in [0.717, 1.165) is 5.56 Å². The fraction of sp³-hybridized carbons (Fsp3) is 0.417. The van der Waals surface area contributed by atoms with E-state index >= 15 is 0 Å². The van der Waals surface area contributed by atoms with Crippen LogP contribution in [-0.4, -0.2) is 24.1 Å². The van der Waals surface area contributed by atoms with Crippen molar-refractivity contribution in [3.63, 3.8) is 0 Å². The summed E-state index contributed by atoms with van der Waals surface area (Å²) in [6, 6.07) is 2.88. The van der Waals surface area contributed by atoms with Gasteiger partial charge in [0, 0.05) is 17.1 Å². The highest BCUT2D eigenvalue weighted by atomic mass is 35.5. The van der Waals surface area contributed by atoms with Crippen molar-refractivity contribution in [3.8, 4) is 0 Å². The molecule has 1 aromatic carbocycles. The Morgan fingerprint density at radius 1 is 1.53 bits per heavy atom. The summed E-state index contributed by atoms with van der Waals surface area (Å²) in [5, 5.41) is 0.560. The summed E-state index contributed by atoms with van der Waals surface area (Å²) in [5.41, 5.74) is 1.30. The molecule has 0 unspecified atom stereocenters. The van der Waals surface area contributed by atoms with Crippen LogP contribution < -0.4 is 0 Å². The molecule has 5 heteroatoms. The summed E-state index contributed by atoms with van der Waals surface area (Å²) in [6.45, 7) is 2.79. The first-order chi connectivity index (χ1) is 8.13. The van der Waals surface area contributed by atoms with Gasteiger partial charge >= 0.3 is 6.09 Å². The third-order valence-electron chi connectivity index (χ3n) is 2.82. The van der Waals surface area contributed by atoms with Crippen molar-refractivity contribution in [2.24, 2.45) is 0 Å². The van der Waals surface area contributed by atoms with Crippen LogP contribution in [0.25, 0.3) is 0 Å². The lowest BCUT2D eigenvalue weighted by atomic mass is 9.99. The van der Waals surface area contributed by atoms with E-state index in [-0.39, 0.29) is 12.4 Å². The number of nitrogens with zero attached hydrogens (tertiary/aromatic N) is 1. The normalized spacial score (nSPS) is 14.4. The highest BCUT2D eigenvalue weighted by molar-refractivity contribution is 6.31. The molecule has 0 aliphatic carbocycles. The van der Waals surface area contributed by atoms with E-state index in [9.17, 15) is 9.18 Å². The van der Waals surface area contributed by atoms with E-state index in [0.29, 0.717) is 30.2 Å². The zero-order valence-electron chi connectivity index (χ0n) is 9.50. The lowest BCUT2D eigenvalue weighted by Gasteiger charge is -2.28.